The molecule has 0 bridgehead atoms. The summed E-state index contributed by atoms with van der Waals surface area (Å²) in [4.78, 5) is 0. The third kappa shape index (κ3) is 2.65. The van der Waals surface area contributed by atoms with Crippen LogP contribution < -0.4 is 0 Å². The predicted molar refractivity (Wildman–Crippen MR) is 118 cm³/mol. The zero-order valence-electron chi connectivity index (χ0n) is 14.4. The van der Waals surface area contributed by atoms with Crippen molar-refractivity contribution in [3.8, 4) is 0 Å². The molecule has 26 heavy (non-hydrogen) atoms. The van der Waals surface area contributed by atoms with Gasteiger partial charge in [0.25, 0.3) is 0 Å². The lowest BCUT2D eigenvalue weighted by Gasteiger charge is -2.20. The van der Waals surface area contributed by atoms with Gasteiger partial charge in [-0.1, -0.05) is 78.9 Å². The Kier molecular flexibility index (Phi) is 4.03. The van der Waals surface area contributed by atoms with E-state index in [9.17, 15) is 0 Å². The Labute approximate surface area is 163 Å². The van der Waals surface area contributed by atoms with Crippen LogP contribution in [0, 0.1) is 0 Å². The molecule has 0 aliphatic heterocycles. The number of benzene rings is 4. The first-order valence-electron chi connectivity index (χ1n) is 8.98. The van der Waals surface area contributed by atoms with E-state index in [0.29, 0.717) is 0 Å². The van der Waals surface area contributed by atoms with E-state index in [4.69, 9.17) is 12.2 Å². The summed E-state index contributed by atoms with van der Waals surface area (Å²) in [7, 11) is 0. The van der Waals surface area contributed by atoms with Gasteiger partial charge in [0.2, 0.25) is 0 Å². The zero-order valence-corrected chi connectivity index (χ0v) is 16.0. The van der Waals surface area contributed by atoms with Crippen molar-refractivity contribution in [1.29, 1.82) is 0 Å². The second kappa shape index (κ2) is 6.53. The van der Waals surface area contributed by atoms with Crippen molar-refractivity contribution in [1.82, 2.24) is 0 Å². The molecule has 0 amide bonds. The fourth-order valence-corrected chi connectivity index (χ4v) is 5.22. The maximum absolute atomic E-state index is 5.66. The summed E-state index contributed by atoms with van der Waals surface area (Å²) in [6.45, 7) is 0. The molecule has 0 saturated carbocycles. The first-order valence-corrected chi connectivity index (χ1v) is 10.4. The normalized spacial score (nSPS) is 12.8. The third-order valence-corrected chi connectivity index (χ3v) is 6.83. The molecular formula is C24H18S2. The van der Waals surface area contributed by atoms with Crippen LogP contribution in [0.3, 0.4) is 0 Å². The lowest BCUT2D eigenvalue weighted by atomic mass is 9.85. The Balaban J connectivity index is 1.60. The second-order valence-electron chi connectivity index (χ2n) is 6.83. The molecule has 4 aromatic rings. The highest BCUT2D eigenvalue weighted by atomic mass is 32.2. The van der Waals surface area contributed by atoms with Crippen LogP contribution in [0.25, 0.3) is 21.5 Å². The summed E-state index contributed by atoms with van der Waals surface area (Å²) in [5, 5.41) is 5.69. The van der Waals surface area contributed by atoms with Gasteiger partial charge in [-0.25, -0.2) is 0 Å². The highest BCUT2D eigenvalue weighted by molar-refractivity contribution is 8.23. The second-order valence-corrected chi connectivity index (χ2v) is 8.49. The summed E-state index contributed by atoms with van der Waals surface area (Å²) in [5.74, 6) is 0.911. The van der Waals surface area contributed by atoms with Crippen LogP contribution in [0.1, 0.15) is 22.3 Å². The van der Waals surface area contributed by atoms with Crippen LogP contribution in [0.5, 0.6) is 0 Å². The lowest BCUT2D eigenvalue weighted by molar-refractivity contribution is 0.968. The molecule has 0 N–H and O–H groups in total. The van der Waals surface area contributed by atoms with Gasteiger partial charge in [-0.05, 0) is 62.7 Å². The van der Waals surface area contributed by atoms with Gasteiger partial charge in [-0.15, -0.1) is 11.8 Å². The Hall–Kier alpha value is -2.16. The van der Waals surface area contributed by atoms with Gasteiger partial charge >= 0.3 is 0 Å². The maximum atomic E-state index is 5.66. The molecule has 2 heteroatoms. The number of hydrogen-bond donors (Lipinski definition) is 0. The minimum absolute atomic E-state index is 0.911. The number of thioether (sulfide) groups is 1. The lowest BCUT2D eigenvalue weighted by Crippen LogP contribution is -2.02. The Bertz CT molecular complexity index is 1140. The van der Waals surface area contributed by atoms with Gasteiger partial charge in [0.15, 0.2) is 0 Å². The molecule has 0 unspecified atom stereocenters. The van der Waals surface area contributed by atoms with Gasteiger partial charge < -0.3 is 0 Å². The Morgan fingerprint density at radius 1 is 0.808 bits per heavy atom. The predicted octanol–water partition coefficient (Wildman–Crippen LogP) is 6.70. The minimum atomic E-state index is 0.911. The number of aryl methyl sites for hydroxylation is 2. The molecule has 0 spiro atoms. The highest BCUT2D eigenvalue weighted by Crippen LogP contribution is 2.38. The van der Waals surface area contributed by atoms with E-state index in [2.05, 4.69) is 54.6 Å². The van der Waals surface area contributed by atoms with E-state index in [0.717, 1.165) is 28.4 Å². The van der Waals surface area contributed by atoms with Crippen molar-refractivity contribution in [3.63, 3.8) is 0 Å². The molecule has 0 aromatic heterocycles. The maximum Gasteiger partial charge on any atom is 0.0781 e. The van der Waals surface area contributed by atoms with E-state index in [1.165, 1.54) is 38.2 Å². The summed E-state index contributed by atoms with van der Waals surface area (Å²) in [5.41, 5.74) is 5.51. The summed E-state index contributed by atoms with van der Waals surface area (Å²) >= 11 is 7.42. The smallest absolute Gasteiger partial charge is 0.0781 e. The minimum Gasteiger partial charge on any atom is -0.109 e. The van der Waals surface area contributed by atoms with Crippen molar-refractivity contribution in [2.45, 2.75) is 18.6 Å². The molecule has 0 nitrogen and oxygen atoms in total. The van der Waals surface area contributed by atoms with Gasteiger partial charge in [0.1, 0.15) is 0 Å². The van der Waals surface area contributed by atoms with E-state index in [1.807, 2.05) is 18.2 Å². The Morgan fingerprint density at radius 2 is 1.54 bits per heavy atom. The van der Waals surface area contributed by atoms with E-state index < -0.39 is 0 Å². The molecule has 0 radical (unpaired) electrons. The van der Waals surface area contributed by atoms with Gasteiger partial charge in [0, 0.05) is 5.75 Å². The highest BCUT2D eigenvalue weighted by Gasteiger charge is 2.17. The van der Waals surface area contributed by atoms with Crippen LogP contribution in [-0.2, 0) is 18.6 Å². The molecule has 0 atom stereocenters. The molecule has 0 heterocycles. The van der Waals surface area contributed by atoms with E-state index >= 15 is 0 Å². The Morgan fingerprint density at radius 3 is 2.35 bits per heavy atom. The summed E-state index contributed by atoms with van der Waals surface area (Å²) in [6.07, 6.45) is 2.29. The fraction of sp³-hybridized carbons (Fsp3) is 0.125. The SMILES string of the molecule is S=C(SCc1cc2cccc3c2c2c(cccc12)CC3)c1ccccc1. The molecule has 0 fully saturated rings. The van der Waals surface area contributed by atoms with Gasteiger partial charge in [-0.3, -0.25) is 0 Å². The van der Waals surface area contributed by atoms with Crippen molar-refractivity contribution in [3.05, 3.63) is 95.1 Å². The van der Waals surface area contributed by atoms with Crippen molar-refractivity contribution >= 4 is 49.7 Å². The number of thiocarbonyl (C=S) groups is 1. The summed E-state index contributed by atoms with van der Waals surface area (Å²) < 4.78 is 0.968. The monoisotopic (exact) mass is 370 g/mol. The fourth-order valence-electron chi connectivity index (χ4n) is 4.08. The number of hydrogen-bond acceptors (Lipinski definition) is 2. The van der Waals surface area contributed by atoms with Crippen LogP contribution in [0.2, 0.25) is 0 Å². The quantitative estimate of drug-likeness (QED) is 0.291. The van der Waals surface area contributed by atoms with Crippen LogP contribution in [-0.4, -0.2) is 4.20 Å². The molecule has 126 valence electrons. The van der Waals surface area contributed by atoms with Crippen LogP contribution >= 0.6 is 24.0 Å². The first-order chi connectivity index (χ1) is 12.8. The molecular weight excluding hydrogens is 352 g/mol. The average Bonchev–Trinajstić information content (AvgIpc) is 2.71. The zero-order chi connectivity index (χ0) is 17.5. The van der Waals surface area contributed by atoms with Crippen molar-refractivity contribution in [2.24, 2.45) is 0 Å². The van der Waals surface area contributed by atoms with E-state index in [1.54, 1.807) is 11.8 Å². The largest absolute Gasteiger partial charge is 0.109 e. The van der Waals surface area contributed by atoms with Crippen molar-refractivity contribution in [2.75, 3.05) is 0 Å². The average molecular weight is 371 g/mol. The van der Waals surface area contributed by atoms with Crippen molar-refractivity contribution < 1.29 is 0 Å². The van der Waals surface area contributed by atoms with Gasteiger partial charge in [-0.2, -0.15) is 0 Å². The first kappa shape index (κ1) is 16.0. The molecule has 1 aliphatic rings. The third-order valence-electron chi connectivity index (χ3n) is 5.29. The molecule has 4 aromatic carbocycles. The topological polar surface area (TPSA) is 0 Å². The van der Waals surface area contributed by atoms with E-state index in [-0.39, 0.29) is 0 Å². The van der Waals surface area contributed by atoms with Crippen LogP contribution in [0.4, 0.5) is 0 Å². The molecule has 0 saturated heterocycles. The summed E-state index contributed by atoms with van der Waals surface area (Å²) in [6, 6.07) is 26.2. The standard InChI is InChI=1S/C24H18S2/c25-24(18-6-2-1-3-7-18)26-15-20-14-19-10-4-8-16-12-13-17-9-5-11-21(20)23(17)22(16)19/h1-11,14H,12-13,15H2. The molecule has 1 aliphatic carbocycles. The molecule has 5 rings (SSSR count). The van der Waals surface area contributed by atoms with Gasteiger partial charge in [0.05, 0.1) is 4.20 Å². The number of rotatable bonds is 3. The van der Waals surface area contributed by atoms with Crippen LogP contribution in [0.15, 0.2) is 72.8 Å².